The Bertz CT molecular complexity index is 442. The summed E-state index contributed by atoms with van der Waals surface area (Å²) < 4.78 is 0. The number of rotatable bonds is 8. The molecule has 1 aliphatic rings. The van der Waals surface area contributed by atoms with Crippen LogP contribution in [0.1, 0.15) is 39.2 Å². The molecule has 1 aromatic rings. The number of benzene rings is 1. The summed E-state index contributed by atoms with van der Waals surface area (Å²) in [5.74, 6) is 0. The smallest absolute Gasteiger partial charge is 0.0609 e. The van der Waals surface area contributed by atoms with Gasteiger partial charge in [0, 0.05) is 30.1 Å². The quantitative estimate of drug-likeness (QED) is 0.772. The van der Waals surface area contributed by atoms with Gasteiger partial charge in [-0.15, -0.1) is 0 Å². The Hall–Kier alpha value is -0.900. The lowest BCUT2D eigenvalue weighted by molar-refractivity contribution is 0.0615. The molecular formula is C18H30N2O. The van der Waals surface area contributed by atoms with Gasteiger partial charge in [-0.25, -0.2) is 0 Å². The minimum atomic E-state index is -0.199. The zero-order chi connectivity index (χ0) is 15.5. The highest BCUT2D eigenvalue weighted by atomic mass is 16.3. The zero-order valence-corrected chi connectivity index (χ0v) is 13.9. The van der Waals surface area contributed by atoms with Gasteiger partial charge in [-0.05, 0) is 39.3 Å². The van der Waals surface area contributed by atoms with Crippen molar-refractivity contribution >= 4 is 0 Å². The Labute approximate surface area is 129 Å². The molecule has 2 rings (SSSR count). The first-order valence-electron chi connectivity index (χ1n) is 7.98. The molecule has 3 heteroatoms. The third-order valence-corrected chi connectivity index (χ3v) is 4.84. The Morgan fingerprint density at radius 2 is 1.81 bits per heavy atom. The Morgan fingerprint density at radius 3 is 2.33 bits per heavy atom. The molecule has 1 atom stereocenters. The lowest BCUT2D eigenvalue weighted by Gasteiger charge is -2.41. The van der Waals surface area contributed by atoms with Crippen LogP contribution in [-0.2, 0) is 5.41 Å². The molecule has 0 saturated heterocycles. The average Bonchev–Trinajstić information content (AvgIpc) is 3.30. The molecule has 3 nitrogen and oxygen atoms in total. The first kappa shape index (κ1) is 16.5. The molecule has 1 unspecified atom stereocenters. The van der Waals surface area contributed by atoms with E-state index < -0.39 is 0 Å². The fourth-order valence-corrected chi connectivity index (χ4v) is 2.61. The number of hydrogen-bond acceptors (Lipinski definition) is 3. The number of aliphatic hydroxyl groups is 1. The van der Waals surface area contributed by atoms with E-state index in [9.17, 15) is 5.11 Å². The van der Waals surface area contributed by atoms with Crippen LogP contribution in [0.3, 0.4) is 0 Å². The molecule has 0 amide bonds. The van der Waals surface area contributed by atoms with E-state index in [0.717, 1.165) is 13.1 Å². The average molecular weight is 290 g/mol. The van der Waals surface area contributed by atoms with Crippen molar-refractivity contribution in [1.29, 1.82) is 0 Å². The first-order valence-corrected chi connectivity index (χ1v) is 7.98. The molecule has 1 aliphatic carbocycles. The van der Waals surface area contributed by atoms with Gasteiger partial charge in [0.25, 0.3) is 0 Å². The summed E-state index contributed by atoms with van der Waals surface area (Å²) in [5, 5.41) is 13.3. The monoisotopic (exact) mass is 290 g/mol. The largest absolute Gasteiger partial charge is 0.394 e. The van der Waals surface area contributed by atoms with E-state index in [0.29, 0.717) is 6.04 Å². The summed E-state index contributed by atoms with van der Waals surface area (Å²) in [6.07, 6.45) is 2.62. The van der Waals surface area contributed by atoms with Gasteiger partial charge in [0.05, 0.1) is 6.61 Å². The fraction of sp³-hybridized carbons (Fsp3) is 0.667. The molecular weight excluding hydrogens is 260 g/mol. The van der Waals surface area contributed by atoms with E-state index in [1.807, 2.05) is 0 Å². The highest BCUT2D eigenvalue weighted by molar-refractivity contribution is 5.26. The maximum absolute atomic E-state index is 9.60. The van der Waals surface area contributed by atoms with Gasteiger partial charge in [-0.1, -0.05) is 37.3 Å². The lowest BCUT2D eigenvalue weighted by atomic mass is 9.80. The van der Waals surface area contributed by atoms with Crippen LogP contribution >= 0.6 is 0 Å². The molecule has 0 radical (unpaired) electrons. The minimum Gasteiger partial charge on any atom is -0.394 e. The third kappa shape index (κ3) is 4.29. The molecule has 0 heterocycles. The van der Waals surface area contributed by atoms with Crippen molar-refractivity contribution < 1.29 is 5.11 Å². The van der Waals surface area contributed by atoms with Crippen LogP contribution in [0.4, 0.5) is 0 Å². The molecule has 118 valence electrons. The number of nitrogens with zero attached hydrogens (tertiary/aromatic N) is 1. The molecule has 0 spiro atoms. The standard InChI is InChI=1S/C18H30N2O/c1-17(2,14-21)20(4)13-18(3,12-19-16-10-11-16)15-8-6-5-7-9-15/h5-9,16,19,21H,10-14H2,1-4H3. The van der Waals surface area contributed by atoms with Gasteiger partial charge in [-0.2, -0.15) is 0 Å². The summed E-state index contributed by atoms with van der Waals surface area (Å²) in [4.78, 5) is 2.27. The predicted octanol–water partition coefficient (Wildman–Crippen LogP) is 2.40. The first-order chi connectivity index (χ1) is 9.87. The van der Waals surface area contributed by atoms with E-state index in [2.05, 4.69) is 68.4 Å². The number of hydrogen-bond donors (Lipinski definition) is 2. The number of aliphatic hydroxyl groups excluding tert-OH is 1. The van der Waals surface area contributed by atoms with Crippen LogP contribution in [0.2, 0.25) is 0 Å². The van der Waals surface area contributed by atoms with Gasteiger partial charge in [0.1, 0.15) is 0 Å². The van der Waals surface area contributed by atoms with Crippen LogP contribution in [0.25, 0.3) is 0 Å². The summed E-state index contributed by atoms with van der Waals surface area (Å²) in [5.41, 5.74) is 1.21. The van der Waals surface area contributed by atoms with Crippen LogP contribution in [0.5, 0.6) is 0 Å². The molecule has 0 aliphatic heterocycles. The van der Waals surface area contributed by atoms with Gasteiger partial charge >= 0.3 is 0 Å². The highest BCUT2D eigenvalue weighted by Crippen LogP contribution is 2.28. The minimum absolute atomic E-state index is 0.0467. The van der Waals surface area contributed by atoms with Crippen molar-refractivity contribution in [1.82, 2.24) is 10.2 Å². The number of nitrogens with one attached hydrogen (secondary N) is 1. The molecule has 0 bridgehead atoms. The Balaban J connectivity index is 2.14. The molecule has 1 saturated carbocycles. The highest BCUT2D eigenvalue weighted by Gasteiger charge is 2.34. The van der Waals surface area contributed by atoms with Gasteiger partial charge in [-0.3, -0.25) is 4.90 Å². The molecule has 2 N–H and O–H groups in total. The molecule has 0 aromatic heterocycles. The molecule has 1 fully saturated rings. The van der Waals surface area contributed by atoms with Crippen molar-refractivity contribution in [2.45, 2.75) is 50.6 Å². The second kappa shape index (κ2) is 6.47. The SMILES string of the molecule is CN(CC(C)(CNC1CC1)c1ccccc1)C(C)(C)CO. The Morgan fingerprint density at radius 1 is 1.19 bits per heavy atom. The summed E-state index contributed by atoms with van der Waals surface area (Å²) in [6.45, 7) is 8.57. The number of likely N-dealkylation sites (N-methyl/N-ethyl adjacent to an activating group) is 1. The molecule has 1 aromatic carbocycles. The predicted molar refractivity (Wildman–Crippen MR) is 88.6 cm³/mol. The van der Waals surface area contributed by atoms with E-state index in [1.54, 1.807) is 0 Å². The van der Waals surface area contributed by atoms with Crippen LogP contribution in [0.15, 0.2) is 30.3 Å². The van der Waals surface area contributed by atoms with Gasteiger partial charge < -0.3 is 10.4 Å². The van der Waals surface area contributed by atoms with E-state index in [-0.39, 0.29) is 17.6 Å². The van der Waals surface area contributed by atoms with Crippen molar-refractivity contribution in [3.63, 3.8) is 0 Å². The lowest BCUT2D eigenvalue weighted by Crippen LogP contribution is -2.52. The van der Waals surface area contributed by atoms with E-state index in [4.69, 9.17) is 0 Å². The van der Waals surface area contributed by atoms with Crippen LogP contribution < -0.4 is 5.32 Å². The van der Waals surface area contributed by atoms with Crippen LogP contribution in [0, 0.1) is 0 Å². The van der Waals surface area contributed by atoms with Gasteiger partial charge in [0.15, 0.2) is 0 Å². The van der Waals surface area contributed by atoms with Crippen molar-refractivity contribution in [3.05, 3.63) is 35.9 Å². The van der Waals surface area contributed by atoms with Crippen molar-refractivity contribution in [2.75, 3.05) is 26.7 Å². The van der Waals surface area contributed by atoms with Crippen LogP contribution in [-0.4, -0.2) is 48.3 Å². The van der Waals surface area contributed by atoms with Gasteiger partial charge in [0.2, 0.25) is 0 Å². The molecule has 21 heavy (non-hydrogen) atoms. The third-order valence-electron chi connectivity index (χ3n) is 4.84. The topological polar surface area (TPSA) is 35.5 Å². The Kier molecular flexibility index (Phi) is 5.07. The zero-order valence-electron chi connectivity index (χ0n) is 13.9. The van der Waals surface area contributed by atoms with Crippen molar-refractivity contribution in [3.8, 4) is 0 Å². The second-order valence-corrected chi connectivity index (χ2v) is 7.41. The fourth-order valence-electron chi connectivity index (χ4n) is 2.61. The second-order valence-electron chi connectivity index (χ2n) is 7.41. The summed E-state index contributed by atoms with van der Waals surface area (Å²) in [6, 6.07) is 11.4. The summed E-state index contributed by atoms with van der Waals surface area (Å²) >= 11 is 0. The normalized spacial score (nSPS) is 18.8. The van der Waals surface area contributed by atoms with Crippen molar-refractivity contribution in [2.24, 2.45) is 0 Å². The van der Waals surface area contributed by atoms with E-state index in [1.165, 1.54) is 18.4 Å². The maximum Gasteiger partial charge on any atom is 0.0609 e. The summed E-state index contributed by atoms with van der Waals surface area (Å²) in [7, 11) is 2.11. The van der Waals surface area contributed by atoms with E-state index >= 15 is 0 Å². The maximum atomic E-state index is 9.60.